The Morgan fingerprint density at radius 2 is 2.25 bits per heavy atom. The van der Waals surface area contributed by atoms with Crippen molar-refractivity contribution < 1.29 is 4.79 Å². The highest BCUT2D eigenvalue weighted by atomic mass is 16.1. The molecule has 2 aromatic rings. The molecule has 0 radical (unpaired) electrons. The number of fused-ring (bicyclic) bond motifs is 1. The standard InChI is InChI=1S/C13H14N2O/c1-15-8-14-11-7-10(5-6-12(11)15)13(16)9-3-2-4-9/h5-9H,2-4H2,1H3. The zero-order valence-corrected chi connectivity index (χ0v) is 9.31. The molecule has 0 aliphatic heterocycles. The van der Waals surface area contributed by atoms with E-state index in [0.29, 0.717) is 5.78 Å². The van der Waals surface area contributed by atoms with E-state index < -0.39 is 0 Å². The lowest BCUT2D eigenvalue weighted by Crippen LogP contribution is -2.21. The molecule has 1 aliphatic carbocycles. The zero-order valence-electron chi connectivity index (χ0n) is 9.31. The summed E-state index contributed by atoms with van der Waals surface area (Å²) in [6, 6.07) is 5.81. The molecular formula is C13H14N2O. The van der Waals surface area contributed by atoms with Gasteiger partial charge in [0.1, 0.15) is 0 Å². The van der Waals surface area contributed by atoms with Crippen molar-refractivity contribution in [2.75, 3.05) is 0 Å². The maximum atomic E-state index is 12.0. The van der Waals surface area contributed by atoms with Crippen LogP contribution in [0.15, 0.2) is 24.5 Å². The van der Waals surface area contributed by atoms with Gasteiger partial charge in [-0.3, -0.25) is 4.79 Å². The second kappa shape index (κ2) is 3.44. The fourth-order valence-corrected chi connectivity index (χ4v) is 2.20. The number of nitrogens with zero attached hydrogens (tertiary/aromatic N) is 2. The van der Waals surface area contributed by atoms with Crippen LogP contribution in [0.25, 0.3) is 11.0 Å². The van der Waals surface area contributed by atoms with Crippen molar-refractivity contribution in [3.8, 4) is 0 Å². The average Bonchev–Trinajstić information content (AvgIpc) is 2.57. The molecule has 0 spiro atoms. The number of aryl methyl sites for hydroxylation is 1. The van der Waals surface area contributed by atoms with Crippen molar-refractivity contribution in [3.63, 3.8) is 0 Å². The Hall–Kier alpha value is -1.64. The minimum Gasteiger partial charge on any atom is -0.334 e. The monoisotopic (exact) mass is 214 g/mol. The summed E-state index contributed by atoms with van der Waals surface area (Å²) < 4.78 is 1.97. The Morgan fingerprint density at radius 3 is 2.94 bits per heavy atom. The van der Waals surface area contributed by atoms with Gasteiger partial charge < -0.3 is 4.57 Å². The molecule has 0 saturated heterocycles. The van der Waals surface area contributed by atoms with Crippen LogP contribution in [0.5, 0.6) is 0 Å². The van der Waals surface area contributed by atoms with Crippen LogP contribution in [0.4, 0.5) is 0 Å². The molecule has 0 atom stereocenters. The van der Waals surface area contributed by atoms with Crippen molar-refractivity contribution >= 4 is 16.8 Å². The van der Waals surface area contributed by atoms with Crippen LogP contribution in [-0.4, -0.2) is 15.3 Å². The lowest BCUT2D eigenvalue weighted by Gasteiger charge is -2.23. The number of aromatic nitrogens is 2. The summed E-state index contributed by atoms with van der Waals surface area (Å²) >= 11 is 0. The normalized spacial score (nSPS) is 16.3. The van der Waals surface area contributed by atoms with Crippen LogP contribution in [-0.2, 0) is 7.05 Å². The Balaban J connectivity index is 2.01. The van der Waals surface area contributed by atoms with Gasteiger partial charge in [0.15, 0.2) is 5.78 Å². The number of hydrogen-bond donors (Lipinski definition) is 0. The summed E-state index contributed by atoms with van der Waals surface area (Å²) in [5, 5.41) is 0. The third-order valence-electron chi connectivity index (χ3n) is 3.49. The van der Waals surface area contributed by atoms with Gasteiger partial charge in [-0.1, -0.05) is 6.42 Å². The molecule has 16 heavy (non-hydrogen) atoms. The molecule has 1 aromatic heterocycles. The predicted octanol–water partition coefficient (Wildman–Crippen LogP) is 2.56. The second-order valence-corrected chi connectivity index (χ2v) is 4.55. The summed E-state index contributed by atoms with van der Waals surface area (Å²) in [4.78, 5) is 16.3. The summed E-state index contributed by atoms with van der Waals surface area (Å²) in [7, 11) is 1.96. The van der Waals surface area contributed by atoms with Crippen molar-refractivity contribution in [3.05, 3.63) is 30.1 Å². The van der Waals surface area contributed by atoms with E-state index >= 15 is 0 Å². The van der Waals surface area contributed by atoms with Gasteiger partial charge in [0.05, 0.1) is 17.4 Å². The number of benzene rings is 1. The minimum atomic E-state index is 0.265. The van der Waals surface area contributed by atoms with E-state index in [4.69, 9.17) is 0 Å². The highest BCUT2D eigenvalue weighted by Crippen LogP contribution is 2.30. The van der Waals surface area contributed by atoms with Crippen molar-refractivity contribution in [1.82, 2.24) is 9.55 Å². The fraction of sp³-hybridized carbons (Fsp3) is 0.385. The molecule has 3 nitrogen and oxygen atoms in total. The molecule has 0 bridgehead atoms. The molecule has 1 aliphatic rings. The molecular weight excluding hydrogens is 200 g/mol. The Labute approximate surface area is 94.1 Å². The van der Waals surface area contributed by atoms with Crippen LogP contribution in [0, 0.1) is 5.92 Å². The quantitative estimate of drug-likeness (QED) is 0.720. The van der Waals surface area contributed by atoms with Gasteiger partial charge in [-0.25, -0.2) is 4.98 Å². The number of rotatable bonds is 2. The lowest BCUT2D eigenvalue weighted by atomic mass is 9.80. The molecule has 0 amide bonds. The van der Waals surface area contributed by atoms with Gasteiger partial charge in [-0.15, -0.1) is 0 Å². The molecule has 1 aromatic carbocycles. The topological polar surface area (TPSA) is 34.9 Å². The van der Waals surface area contributed by atoms with Crippen LogP contribution in [0.1, 0.15) is 29.6 Å². The minimum absolute atomic E-state index is 0.265. The van der Waals surface area contributed by atoms with E-state index in [1.807, 2.05) is 29.8 Å². The van der Waals surface area contributed by atoms with Crippen molar-refractivity contribution in [2.24, 2.45) is 13.0 Å². The first kappa shape index (κ1) is 9.58. The highest BCUT2D eigenvalue weighted by Gasteiger charge is 2.26. The SMILES string of the molecule is Cn1cnc2cc(C(=O)C3CCC3)ccc21. The molecule has 0 unspecified atom stereocenters. The Kier molecular flexibility index (Phi) is 2.06. The number of hydrogen-bond acceptors (Lipinski definition) is 2. The van der Waals surface area contributed by atoms with Gasteiger partial charge in [-0.2, -0.15) is 0 Å². The summed E-state index contributed by atoms with van der Waals surface area (Å²) in [6.45, 7) is 0. The molecule has 1 heterocycles. The molecule has 1 saturated carbocycles. The van der Waals surface area contributed by atoms with Crippen molar-refractivity contribution in [2.45, 2.75) is 19.3 Å². The lowest BCUT2D eigenvalue weighted by molar-refractivity contribution is 0.0855. The number of Topliss-reactive ketones (excluding diaryl/α,β-unsaturated/α-hetero) is 1. The number of imidazole rings is 1. The van der Waals surface area contributed by atoms with E-state index in [2.05, 4.69) is 4.98 Å². The van der Waals surface area contributed by atoms with Gasteiger partial charge in [0, 0.05) is 18.5 Å². The molecule has 3 heteroatoms. The van der Waals surface area contributed by atoms with Crippen molar-refractivity contribution in [1.29, 1.82) is 0 Å². The van der Waals surface area contributed by atoms with Gasteiger partial charge in [0.25, 0.3) is 0 Å². The zero-order chi connectivity index (χ0) is 11.1. The third kappa shape index (κ3) is 1.35. The van der Waals surface area contributed by atoms with E-state index in [9.17, 15) is 4.79 Å². The van der Waals surface area contributed by atoms with Gasteiger partial charge in [-0.05, 0) is 31.0 Å². The second-order valence-electron chi connectivity index (χ2n) is 4.55. The van der Waals surface area contributed by atoms with Crippen LogP contribution >= 0.6 is 0 Å². The maximum Gasteiger partial charge on any atom is 0.166 e. The molecule has 0 N–H and O–H groups in total. The Bertz CT molecular complexity index is 552. The molecule has 1 fully saturated rings. The first-order valence-electron chi connectivity index (χ1n) is 5.71. The van der Waals surface area contributed by atoms with E-state index in [0.717, 1.165) is 29.4 Å². The van der Waals surface area contributed by atoms with E-state index in [1.54, 1.807) is 6.33 Å². The van der Waals surface area contributed by atoms with Crippen LogP contribution in [0.3, 0.4) is 0 Å². The summed E-state index contributed by atoms with van der Waals surface area (Å²) in [6.07, 6.45) is 5.09. The largest absolute Gasteiger partial charge is 0.334 e. The smallest absolute Gasteiger partial charge is 0.166 e. The summed E-state index contributed by atoms with van der Waals surface area (Å²) in [5.74, 6) is 0.556. The maximum absolute atomic E-state index is 12.0. The number of ketones is 1. The van der Waals surface area contributed by atoms with Crippen LogP contribution in [0.2, 0.25) is 0 Å². The first-order valence-corrected chi connectivity index (χ1v) is 5.71. The molecule has 3 rings (SSSR count). The molecule has 82 valence electrons. The van der Waals surface area contributed by atoms with Crippen LogP contribution < -0.4 is 0 Å². The summed E-state index contributed by atoms with van der Waals surface area (Å²) in [5.41, 5.74) is 2.80. The Morgan fingerprint density at radius 1 is 1.44 bits per heavy atom. The number of carbonyl (C=O) groups is 1. The van der Waals surface area contributed by atoms with E-state index in [1.165, 1.54) is 6.42 Å². The fourth-order valence-electron chi connectivity index (χ4n) is 2.20. The predicted molar refractivity (Wildman–Crippen MR) is 62.4 cm³/mol. The average molecular weight is 214 g/mol. The van der Waals surface area contributed by atoms with Gasteiger partial charge in [0.2, 0.25) is 0 Å². The first-order chi connectivity index (χ1) is 7.75. The number of carbonyl (C=O) groups excluding carboxylic acids is 1. The highest BCUT2D eigenvalue weighted by molar-refractivity contribution is 6.00. The van der Waals surface area contributed by atoms with E-state index in [-0.39, 0.29) is 5.92 Å². The third-order valence-corrected chi connectivity index (χ3v) is 3.49. The van der Waals surface area contributed by atoms with Gasteiger partial charge >= 0.3 is 0 Å².